The van der Waals surface area contributed by atoms with Gasteiger partial charge < -0.3 is 23.8 Å². The molecule has 2 aliphatic heterocycles. The molecule has 3 aliphatic rings. The Balaban J connectivity index is 1.99. The second-order valence-electron chi connectivity index (χ2n) is 6.21. The Morgan fingerprint density at radius 2 is 1.62 bits per heavy atom. The number of ketones is 2. The summed E-state index contributed by atoms with van der Waals surface area (Å²) in [5.41, 5.74) is -1.01. The first kappa shape index (κ1) is 17.3. The van der Waals surface area contributed by atoms with E-state index in [1.165, 1.54) is 14.2 Å². The molecule has 0 aromatic carbocycles. The normalized spacial score (nSPS) is 29.8. The van der Waals surface area contributed by atoms with Crippen molar-refractivity contribution >= 4 is 11.6 Å². The van der Waals surface area contributed by atoms with Crippen molar-refractivity contribution in [1.82, 2.24) is 9.80 Å². The van der Waals surface area contributed by atoms with Crippen LogP contribution >= 0.6 is 0 Å². The Labute approximate surface area is 141 Å². The van der Waals surface area contributed by atoms with Crippen LogP contribution in [0.4, 0.5) is 0 Å². The number of hydrogen-bond donors (Lipinski definition) is 0. The molecule has 2 fully saturated rings. The number of carbonyl (C=O) groups excluding carboxylic acids is 2. The van der Waals surface area contributed by atoms with Crippen molar-refractivity contribution in [3.63, 3.8) is 0 Å². The van der Waals surface area contributed by atoms with E-state index in [9.17, 15) is 9.59 Å². The first-order chi connectivity index (χ1) is 11.4. The molecule has 3 unspecified atom stereocenters. The number of carbonyl (C=O) groups is 2. The van der Waals surface area contributed by atoms with E-state index in [0.29, 0.717) is 18.8 Å². The number of nitrogens with zero attached hydrogens (tertiary/aromatic N) is 2. The van der Waals surface area contributed by atoms with E-state index in [0.717, 1.165) is 13.1 Å². The molecule has 0 N–H and O–H groups in total. The minimum atomic E-state index is -1.35. The molecular weight excluding hydrogens is 316 g/mol. The van der Waals surface area contributed by atoms with Gasteiger partial charge in [-0.2, -0.15) is 0 Å². The Bertz CT molecular complexity index is 569. The van der Waals surface area contributed by atoms with E-state index in [1.807, 2.05) is 9.80 Å². The predicted octanol–water partition coefficient (Wildman–Crippen LogP) is 0.0854. The van der Waals surface area contributed by atoms with Crippen LogP contribution in [-0.2, 0) is 28.5 Å². The highest BCUT2D eigenvalue weighted by Gasteiger charge is 2.59. The summed E-state index contributed by atoms with van der Waals surface area (Å²) in [6.45, 7) is 6.26. The molecular formula is C16H24N2O6. The molecule has 0 amide bonds. The maximum atomic E-state index is 13.3. The fourth-order valence-electron chi connectivity index (χ4n) is 2.87. The zero-order chi connectivity index (χ0) is 17.5. The molecule has 3 rings (SSSR count). The monoisotopic (exact) mass is 340 g/mol. The molecule has 2 saturated heterocycles. The van der Waals surface area contributed by atoms with Gasteiger partial charge in [-0.25, -0.2) is 0 Å². The summed E-state index contributed by atoms with van der Waals surface area (Å²) in [5.74, 6) is -0.455. The summed E-state index contributed by atoms with van der Waals surface area (Å²) in [7, 11) is 2.98. The number of allylic oxidation sites excluding steroid dienone is 1. The number of ether oxygens (including phenoxy) is 4. The molecule has 134 valence electrons. The zero-order valence-corrected chi connectivity index (χ0v) is 14.5. The Kier molecular flexibility index (Phi) is 4.65. The first-order valence-electron chi connectivity index (χ1n) is 8.15. The van der Waals surface area contributed by atoms with Gasteiger partial charge in [0, 0.05) is 40.4 Å². The molecule has 0 aromatic rings. The Hall–Kier alpha value is -1.48. The van der Waals surface area contributed by atoms with Crippen LogP contribution in [0.25, 0.3) is 0 Å². The van der Waals surface area contributed by atoms with Crippen LogP contribution in [0.3, 0.4) is 0 Å². The quantitative estimate of drug-likeness (QED) is 0.454. The van der Waals surface area contributed by atoms with Crippen LogP contribution in [0.1, 0.15) is 20.3 Å². The van der Waals surface area contributed by atoms with Gasteiger partial charge in [0.2, 0.25) is 5.78 Å². The van der Waals surface area contributed by atoms with Crippen molar-refractivity contribution in [3.8, 4) is 0 Å². The lowest BCUT2D eigenvalue weighted by atomic mass is 9.90. The predicted molar refractivity (Wildman–Crippen MR) is 82.6 cm³/mol. The number of rotatable bonds is 8. The van der Waals surface area contributed by atoms with Gasteiger partial charge in [0.15, 0.2) is 29.8 Å². The summed E-state index contributed by atoms with van der Waals surface area (Å²) in [6, 6.07) is 0. The van der Waals surface area contributed by atoms with E-state index in [-0.39, 0.29) is 23.7 Å². The number of methoxy groups -OCH3 is 2. The molecule has 2 heterocycles. The molecule has 0 bridgehead atoms. The van der Waals surface area contributed by atoms with Crippen LogP contribution in [0.15, 0.2) is 11.5 Å². The highest BCUT2D eigenvalue weighted by Crippen LogP contribution is 2.40. The van der Waals surface area contributed by atoms with Gasteiger partial charge in [0.05, 0.1) is 6.42 Å². The highest BCUT2D eigenvalue weighted by molar-refractivity contribution is 6.14. The lowest BCUT2D eigenvalue weighted by Crippen LogP contribution is -2.56. The third-order valence-corrected chi connectivity index (χ3v) is 4.47. The van der Waals surface area contributed by atoms with E-state index >= 15 is 0 Å². The summed E-state index contributed by atoms with van der Waals surface area (Å²) >= 11 is 0. The molecule has 0 saturated carbocycles. The van der Waals surface area contributed by atoms with Gasteiger partial charge in [0.25, 0.3) is 0 Å². The maximum Gasteiger partial charge on any atom is 0.247 e. The maximum absolute atomic E-state index is 13.3. The van der Waals surface area contributed by atoms with Gasteiger partial charge >= 0.3 is 0 Å². The summed E-state index contributed by atoms with van der Waals surface area (Å²) in [5, 5.41) is 0. The Morgan fingerprint density at radius 1 is 1.00 bits per heavy atom. The SMILES string of the molecule is COC(C)OC1=C(N2CC2)C(=O)CC(OC(C)OC)(N2CC2)C1=O. The van der Waals surface area contributed by atoms with E-state index < -0.39 is 18.3 Å². The van der Waals surface area contributed by atoms with Crippen LogP contribution in [0, 0.1) is 0 Å². The van der Waals surface area contributed by atoms with E-state index in [1.54, 1.807) is 13.8 Å². The van der Waals surface area contributed by atoms with Crippen LogP contribution < -0.4 is 0 Å². The van der Waals surface area contributed by atoms with Gasteiger partial charge in [0.1, 0.15) is 5.70 Å². The van der Waals surface area contributed by atoms with Gasteiger partial charge in [-0.15, -0.1) is 0 Å². The molecule has 0 spiro atoms. The zero-order valence-electron chi connectivity index (χ0n) is 14.5. The van der Waals surface area contributed by atoms with E-state index in [2.05, 4.69) is 0 Å². The van der Waals surface area contributed by atoms with Crippen LogP contribution in [0.5, 0.6) is 0 Å². The van der Waals surface area contributed by atoms with Gasteiger partial charge in [-0.05, 0) is 13.8 Å². The molecule has 8 nitrogen and oxygen atoms in total. The molecule has 0 radical (unpaired) electrons. The fourth-order valence-corrected chi connectivity index (χ4v) is 2.87. The summed E-state index contributed by atoms with van der Waals surface area (Å²) in [6.07, 6.45) is -1.29. The second-order valence-corrected chi connectivity index (χ2v) is 6.21. The topological polar surface area (TPSA) is 77.1 Å². The third kappa shape index (κ3) is 3.06. The minimum absolute atomic E-state index is 0.0282. The van der Waals surface area contributed by atoms with Crippen molar-refractivity contribution in [3.05, 3.63) is 11.5 Å². The lowest BCUT2D eigenvalue weighted by molar-refractivity contribution is -0.226. The van der Waals surface area contributed by atoms with Crippen molar-refractivity contribution in [1.29, 1.82) is 0 Å². The van der Waals surface area contributed by atoms with Crippen LogP contribution in [0.2, 0.25) is 0 Å². The van der Waals surface area contributed by atoms with Gasteiger partial charge in [-0.3, -0.25) is 14.5 Å². The highest BCUT2D eigenvalue weighted by atomic mass is 16.7. The number of Topliss-reactive ketones (excluding diaryl/α,β-unsaturated/α-hetero) is 2. The second kappa shape index (κ2) is 6.44. The largest absolute Gasteiger partial charge is 0.459 e. The van der Waals surface area contributed by atoms with Gasteiger partial charge in [-0.1, -0.05) is 0 Å². The average Bonchev–Trinajstić information content (AvgIpc) is 3.43. The summed E-state index contributed by atoms with van der Waals surface area (Å²) < 4.78 is 21.8. The molecule has 3 atom stereocenters. The minimum Gasteiger partial charge on any atom is -0.459 e. The van der Waals surface area contributed by atoms with Crippen molar-refractivity contribution in [2.75, 3.05) is 40.4 Å². The third-order valence-electron chi connectivity index (χ3n) is 4.47. The van der Waals surface area contributed by atoms with Crippen molar-refractivity contribution < 1.29 is 28.5 Å². The molecule has 1 aliphatic carbocycles. The molecule has 0 aromatic heterocycles. The lowest BCUT2D eigenvalue weighted by Gasteiger charge is -2.39. The van der Waals surface area contributed by atoms with Crippen molar-refractivity contribution in [2.24, 2.45) is 0 Å². The van der Waals surface area contributed by atoms with Crippen LogP contribution in [-0.4, -0.2) is 80.1 Å². The average molecular weight is 340 g/mol. The summed E-state index contributed by atoms with van der Waals surface area (Å²) in [4.78, 5) is 29.8. The van der Waals surface area contributed by atoms with Crippen molar-refractivity contribution in [2.45, 2.75) is 38.6 Å². The van der Waals surface area contributed by atoms with E-state index in [4.69, 9.17) is 18.9 Å². The molecule has 24 heavy (non-hydrogen) atoms. The fraction of sp³-hybridized carbons (Fsp3) is 0.750. The molecule has 8 heteroatoms. The smallest absolute Gasteiger partial charge is 0.247 e. The number of hydrogen-bond acceptors (Lipinski definition) is 8. The first-order valence-corrected chi connectivity index (χ1v) is 8.15. The standard InChI is InChI=1S/C16H24N2O6/c1-10(21-3)23-14-13(17-5-6-17)12(19)9-16(15(14)20,18-7-8-18)24-11(2)22-4/h10-11H,5-9H2,1-4H3. The Morgan fingerprint density at radius 3 is 2.12 bits per heavy atom.